The van der Waals surface area contributed by atoms with Gasteiger partial charge in [-0.25, -0.2) is 4.98 Å². The maximum Gasteiger partial charge on any atom is 0.277 e. The van der Waals surface area contributed by atoms with Crippen LogP contribution in [0.1, 0.15) is 25.7 Å². The fourth-order valence-electron chi connectivity index (χ4n) is 1.08. The fourth-order valence-corrected chi connectivity index (χ4v) is 2.19. The number of carbonyl (C=O) groups excluding carboxylic acids is 1. The van der Waals surface area contributed by atoms with Gasteiger partial charge in [-0.15, -0.1) is 21.5 Å². The van der Waals surface area contributed by atoms with Gasteiger partial charge in [-0.2, -0.15) is 0 Å². The van der Waals surface area contributed by atoms with Gasteiger partial charge < -0.3 is 9.73 Å². The van der Waals surface area contributed by atoms with Crippen LogP contribution in [0, 0.1) is 0 Å². The third-order valence-electron chi connectivity index (χ3n) is 1.92. The van der Waals surface area contributed by atoms with Gasteiger partial charge in [0.15, 0.2) is 5.13 Å². The van der Waals surface area contributed by atoms with E-state index in [-0.39, 0.29) is 17.6 Å². The predicted octanol–water partition coefficient (Wildman–Crippen LogP) is 2.38. The Morgan fingerprint density at radius 1 is 1.56 bits per heavy atom. The summed E-state index contributed by atoms with van der Waals surface area (Å²) < 4.78 is 5.38. The number of hydrogen-bond acceptors (Lipinski definition) is 7. The highest BCUT2D eigenvalue weighted by Gasteiger charge is 2.12. The minimum absolute atomic E-state index is 0.140. The number of rotatable bonds is 5. The summed E-state index contributed by atoms with van der Waals surface area (Å²) in [6, 6.07) is 0. The molecule has 0 aliphatic carbocycles. The van der Waals surface area contributed by atoms with Crippen molar-refractivity contribution in [3.05, 3.63) is 17.5 Å². The molecular weight excluding hydrogens is 272 g/mol. The highest BCUT2D eigenvalue weighted by molar-refractivity contribution is 7.99. The van der Waals surface area contributed by atoms with Crippen molar-refractivity contribution in [2.45, 2.75) is 25.0 Å². The molecule has 0 fully saturated rings. The van der Waals surface area contributed by atoms with E-state index in [1.165, 1.54) is 23.1 Å². The Labute approximate surface area is 112 Å². The molecule has 2 aromatic heterocycles. The molecular formula is C10H12N4O2S2. The molecule has 2 heterocycles. The summed E-state index contributed by atoms with van der Waals surface area (Å²) in [5.74, 6) is 0.854. The highest BCUT2D eigenvalue weighted by atomic mass is 32.2. The van der Waals surface area contributed by atoms with Crippen molar-refractivity contribution in [3.8, 4) is 0 Å². The van der Waals surface area contributed by atoms with E-state index in [1.54, 1.807) is 11.6 Å². The Morgan fingerprint density at radius 3 is 3.00 bits per heavy atom. The Kier molecular flexibility index (Phi) is 4.32. The quantitative estimate of drug-likeness (QED) is 0.849. The van der Waals surface area contributed by atoms with Gasteiger partial charge in [0.25, 0.3) is 5.22 Å². The second-order valence-electron chi connectivity index (χ2n) is 3.74. The lowest BCUT2D eigenvalue weighted by atomic mass is 10.2. The molecule has 0 radical (unpaired) electrons. The molecule has 2 aromatic rings. The largest absolute Gasteiger partial charge is 0.416 e. The summed E-state index contributed by atoms with van der Waals surface area (Å²) >= 11 is 2.59. The average molecular weight is 284 g/mol. The Bertz CT molecular complexity index is 510. The van der Waals surface area contributed by atoms with E-state index in [9.17, 15) is 4.79 Å². The van der Waals surface area contributed by atoms with Gasteiger partial charge in [-0.3, -0.25) is 4.79 Å². The number of thioether (sulfide) groups is 1. The van der Waals surface area contributed by atoms with Crippen LogP contribution in [0.2, 0.25) is 0 Å². The average Bonchev–Trinajstić information content (AvgIpc) is 2.96. The Morgan fingerprint density at radius 2 is 2.39 bits per heavy atom. The first-order valence-electron chi connectivity index (χ1n) is 5.30. The van der Waals surface area contributed by atoms with Crippen LogP contribution in [0.4, 0.5) is 5.13 Å². The molecule has 6 nitrogen and oxygen atoms in total. The molecule has 0 aliphatic heterocycles. The number of thiazole rings is 1. The van der Waals surface area contributed by atoms with E-state index < -0.39 is 0 Å². The lowest BCUT2D eigenvalue weighted by molar-refractivity contribution is -0.113. The van der Waals surface area contributed by atoms with Crippen molar-refractivity contribution in [1.29, 1.82) is 0 Å². The van der Waals surface area contributed by atoms with Crippen LogP contribution in [-0.4, -0.2) is 26.8 Å². The molecule has 0 bridgehead atoms. The van der Waals surface area contributed by atoms with Gasteiger partial charge in [0.05, 0.1) is 5.75 Å². The number of carbonyl (C=O) groups is 1. The summed E-state index contributed by atoms with van der Waals surface area (Å²) in [7, 11) is 0. The zero-order valence-electron chi connectivity index (χ0n) is 9.91. The number of amides is 1. The number of nitrogens with zero attached hydrogens (tertiary/aromatic N) is 3. The molecule has 0 aromatic carbocycles. The molecule has 2 rings (SSSR count). The lowest BCUT2D eigenvalue weighted by Crippen LogP contribution is -2.13. The maximum atomic E-state index is 11.6. The highest BCUT2D eigenvalue weighted by Crippen LogP contribution is 2.20. The van der Waals surface area contributed by atoms with E-state index in [4.69, 9.17) is 4.42 Å². The molecule has 8 heteroatoms. The van der Waals surface area contributed by atoms with E-state index >= 15 is 0 Å². The summed E-state index contributed by atoms with van der Waals surface area (Å²) in [6.45, 7) is 3.94. The van der Waals surface area contributed by atoms with Crippen molar-refractivity contribution >= 4 is 34.1 Å². The normalized spacial score (nSPS) is 10.8. The second-order valence-corrected chi connectivity index (χ2v) is 5.56. The minimum atomic E-state index is -0.140. The number of anilines is 1. The van der Waals surface area contributed by atoms with Gasteiger partial charge in [0.2, 0.25) is 11.8 Å². The fraction of sp³-hybridized carbons (Fsp3) is 0.400. The molecule has 0 saturated carbocycles. The van der Waals surface area contributed by atoms with Crippen LogP contribution >= 0.6 is 23.1 Å². The summed E-state index contributed by atoms with van der Waals surface area (Å²) in [6.07, 6.45) is 1.64. The standard InChI is InChI=1S/C10H12N4O2S2/c1-6(2)8-13-14-10(16-8)18-5-7(15)12-9-11-3-4-17-9/h3-4,6H,5H2,1-2H3,(H,11,12,15). The zero-order chi connectivity index (χ0) is 13.0. The third kappa shape index (κ3) is 3.54. The zero-order valence-corrected chi connectivity index (χ0v) is 11.5. The molecule has 0 aliphatic rings. The summed E-state index contributed by atoms with van der Waals surface area (Å²) in [5, 5.41) is 13.2. The van der Waals surface area contributed by atoms with Crippen LogP contribution in [0.3, 0.4) is 0 Å². The first-order valence-corrected chi connectivity index (χ1v) is 7.17. The molecule has 0 saturated heterocycles. The van der Waals surface area contributed by atoms with Gasteiger partial charge in [0, 0.05) is 17.5 Å². The first-order chi connectivity index (χ1) is 8.65. The maximum absolute atomic E-state index is 11.6. The van der Waals surface area contributed by atoms with Crippen molar-refractivity contribution in [2.24, 2.45) is 0 Å². The van der Waals surface area contributed by atoms with Crippen LogP contribution in [0.5, 0.6) is 0 Å². The van der Waals surface area contributed by atoms with E-state index in [1.807, 2.05) is 13.8 Å². The molecule has 0 atom stereocenters. The number of hydrogen-bond donors (Lipinski definition) is 1. The van der Waals surface area contributed by atoms with Gasteiger partial charge in [0.1, 0.15) is 0 Å². The smallest absolute Gasteiger partial charge is 0.277 e. The monoisotopic (exact) mass is 284 g/mol. The molecule has 18 heavy (non-hydrogen) atoms. The van der Waals surface area contributed by atoms with E-state index in [2.05, 4.69) is 20.5 Å². The van der Waals surface area contributed by atoms with Crippen LogP contribution in [0.25, 0.3) is 0 Å². The third-order valence-corrected chi connectivity index (χ3v) is 3.43. The summed E-state index contributed by atoms with van der Waals surface area (Å²) in [4.78, 5) is 15.5. The summed E-state index contributed by atoms with van der Waals surface area (Å²) in [5.41, 5.74) is 0. The second kappa shape index (κ2) is 5.96. The van der Waals surface area contributed by atoms with E-state index in [0.29, 0.717) is 16.2 Å². The van der Waals surface area contributed by atoms with Crippen LogP contribution in [0.15, 0.2) is 21.2 Å². The topological polar surface area (TPSA) is 80.9 Å². The molecule has 96 valence electrons. The van der Waals surface area contributed by atoms with Crippen molar-refractivity contribution in [3.63, 3.8) is 0 Å². The van der Waals surface area contributed by atoms with Crippen molar-refractivity contribution in [1.82, 2.24) is 15.2 Å². The Balaban J connectivity index is 1.81. The van der Waals surface area contributed by atoms with E-state index in [0.717, 1.165) is 0 Å². The molecule has 0 unspecified atom stereocenters. The van der Waals surface area contributed by atoms with Gasteiger partial charge in [-0.05, 0) is 0 Å². The first kappa shape index (κ1) is 13.0. The van der Waals surface area contributed by atoms with Gasteiger partial charge >= 0.3 is 0 Å². The predicted molar refractivity (Wildman–Crippen MR) is 69.9 cm³/mol. The van der Waals surface area contributed by atoms with Crippen LogP contribution < -0.4 is 5.32 Å². The number of aromatic nitrogens is 3. The molecule has 0 spiro atoms. The minimum Gasteiger partial charge on any atom is -0.416 e. The lowest BCUT2D eigenvalue weighted by Gasteiger charge is -1.98. The van der Waals surface area contributed by atoms with Crippen molar-refractivity contribution < 1.29 is 9.21 Å². The van der Waals surface area contributed by atoms with Crippen LogP contribution in [-0.2, 0) is 4.79 Å². The van der Waals surface area contributed by atoms with Gasteiger partial charge in [-0.1, -0.05) is 25.6 Å². The SMILES string of the molecule is CC(C)c1nnc(SCC(=O)Nc2nccs2)o1. The molecule has 1 amide bonds. The molecule has 1 N–H and O–H groups in total. The van der Waals surface area contributed by atoms with Crippen molar-refractivity contribution in [2.75, 3.05) is 11.1 Å². The number of nitrogens with one attached hydrogen (secondary N) is 1. The Hall–Kier alpha value is -1.41.